The number of carboxylic acid groups (broad SMARTS) is 1. The van der Waals surface area contributed by atoms with Gasteiger partial charge >= 0.3 is 5.97 Å². The van der Waals surface area contributed by atoms with Crippen LogP contribution in [0.4, 0.5) is 0 Å². The van der Waals surface area contributed by atoms with E-state index in [1.54, 1.807) is 10.8 Å². The molecular formula is C13H17NO3S2. The Bertz CT molecular complexity index is 434. The van der Waals surface area contributed by atoms with Crippen molar-refractivity contribution in [1.29, 1.82) is 0 Å². The summed E-state index contributed by atoms with van der Waals surface area (Å²) in [7, 11) is 3.04. The van der Waals surface area contributed by atoms with Crippen LogP contribution < -0.4 is 5.32 Å². The van der Waals surface area contributed by atoms with Gasteiger partial charge in [0.25, 0.3) is 0 Å². The Hall–Kier alpha value is -1.14. The van der Waals surface area contributed by atoms with E-state index in [2.05, 4.69) is 29.6 Å². The highest BCUT2D eigenvalue weighted by Gasteiger charge is 2.18. The maximum Gasteiger partial charge on any atom is 0.327 e. The van der Waals surface area contributed by atoms with Crippen molar-refractivity contribution >= 4 is 33.5 Å². The lowest BCUT2D eigenvalue weighted by molar-refractivity contribution is -0.140. The van der Waals surface area contributed by atoms with Gasteiger partial charge in [0.2, 0.25) is 5.91 Å². The molecule has 0 aliphatic carbocycles. The molecule has 0 heterocycles. The quantitative estimate of drug-likeness (QED) is 0.598. The molecule has 1 aromatic carbocycles. The SMILES string of the molecule is CC(=O)N[C@@H](CSSCc1ccc(C)cc1)C(=O)O. The minimum atomic E-state index is -1.00. The molecule has 0 aliphatic rings. The van der Waals surface area contributed by atoms with Crippen molar-refractivity contribution in [1.82, 2.24) is 5.32 Å². The van der Waals surface area contributed by atoms with Crippen molar-refractivity contribution in [3.05, 3.63) is 35.4 Å². The number of nitrogens with one attached hydrogen (secondary N) is 1. The average Bonchev–Trinajstić information content (AvgIpc) is 2.34. The number of carbonyl (C=O) groups is 2. The van der Waals surface area contributed by atoms with Crippen LogP contribution in [0, 0.1) is 6.92 Å². The molecule has 1 amide bonds. The summed E-state index contributed by atoms with van der Waals surface area (Å²) < 4.78 is 0. The van der Waals surface area contributed by atoms with E-state index < -0.39 is 12.0 Å². The van der Waals surface area contributed by atoms with Crippen molar-refractivity contribution in [2.45, 2.75) is 25.6 Å². The summed E-state index contributed by atoms with van der Waals surface area (Å²) in [6.45, 7) is 3.36. The zero-order valence-corrected chi connectivity index (χ0v) is 12.5. The van der Waals surface area contributed by atoms with Gasteiger partial charge < -0.3 is 10.4 Å². The van der Waals surface area contributed by atoms with E-state index in [0.29, 0.717) is 5.75 Å². The molecule has 0 bridgehead atoms. The van der Waals surface area contributed by atoms with Crippen molar-refractivity contribution in [3.63, 3.8) is 0 Å². The normalized spacial score (nSPS) is 11.9. The lowest BCUT2D eigenvalue weighted by atomic mass is 10.2. The summed E-state index contributed by atoms with van der Waals surface area (Å²) in [5, 5.41) is 11.3. The molecule has 1 atom stereocenters. The third-order valence-corrected chi connectivity index (χ3v) is 4.69. The fourth-order valence-electron chi connectivity index (χ4n) is 1.33. The van der Waals surface area contributed by atoms with Gasteiger partial charge in [-0.05, 0) is 12.5 Å². The number of rotatable bonds is 7. The summed E-state index contributed by atoms with van der Waals surface area (Å²) >= 11 is 0. The number of carbonyl (C=O) groups excluding carboxylic acids is 1. The highest BCUT2D eigenvalue weighted by Crippen LogP contribution is 2.26. The van der Waals surface area contributed by atoms with E-state index in [1.165, 1.54) is 28.8 Å². The third-order valence-electron chi connectivity index (χ3n) is 2.34. The summed E-state index contributed by atoms with van der Waals surface area (Å²) in [5.41, 5.74) is 2.42. The monoisotopic (exact) mass is 299 g/mol. The standard InChI is InChI=1S/C13H17NO3S2/c1-9-3-5-11(6-4-9)7-18-19-8-12(13(16)17)14-10(2)15/h3-6,12H,7-8H2,1-2H3,(H,14,15)(H,16,17)/t12-/m0/s1. The Labute approximate surface area is 120 Å². The maximum atomic E-state index is 10.9. The first-order chi connectivity index (χ1) is 8.99. The molecule has 1 rings (SSSR count). The van der Waals surface area contributed by atoms with E-state index in [9.17, 15) is 9.59 Å². The topological polar surface area (TPSA) is 66.4 Å². The van der Waals surface area contributed by atoms with Gasteiger partial charge in [-0.25, -0.2) is 4.79 Å². The van der Waals surface area contributed by atoms with Gasteiger partial charge in [-0.15, -0.1) is 0 Å². The summed E-state index contributed by atoms with van der Waals surface area (Å²) in [5.74, 6) is -0.154. The smallest absolute Gasteiger partial charge is 0.327 e. The number of aliphatic carboxylic acids is 1. The molecule has 0 aliphatic heterocycles. The zero-order chi connectivity index (χ0) is 14.3. The van der Waals surface area contributed by atoms with Crippen LogP contribution in [0.3, 0.4) is 0 Å². The average molecular weight is 299 g/mol. The van der Waals surface area contributed by atoms with Gasteiger partial charge in [0.05, 0.1) is 0 Å². The van der Waals surface area contributed by atoms with Gasteiger partial charge in [0.15, 0.2) is 0 Å². The van der Waals surface area contributed by atoms with Gasteiger partial charge in [-0.3, -0.25) is 4.79 Å². The van der Waals surface area contributed by atoms with Gasteiger partial charge in [-0.1, -0.05) is 51.4 Å². The number of carboxylic acids is 1. The molecule has 0 unspecified atom stereocenters. The summed E-state index contributed by atoms with van der Waals surface area (Å²) in [4.78, 5) is 21.8. The number of amides is 1. The predicted octanol–water partition coefficient (Wildman–Crippen LogP) is 2.47. The van der Waals surface area contributed by atoms with E-state index in [0.717, 1.165) is 5.75 Å². The summed E-state index contributed by atoms with van der Waals surface area (Å²) in [6.07, 6.45) is 0. The Balaban J connectivity index is 2.30. The number of hydrogen-bond acceptors (Lipinski definition) is 4. The van der Waals surface area contributed by atoms with E-state index in [1.807, 2.05) is 6.92 Å². The van der Waals surface area contributed by atoms with Gasteiger partial charge in [-0.2, -0.15) is 0 Å². The lowest BCUT2D eigenvalue weighted by Gasteiger charge is -2.12. The Kier molecular flexibility index (Phi) is 6.80. The zero-order valence-electron chi connectivity index (χ0n) is 10.9. The van der Waals surface area contributed by atoms with Gasteiger partial charge in [0.1, 0.15) is 6.04 Å². The molecular weight excluding hydrogens is 282 g/mol. The number of hydrogen-bond donors (Lipinski definition) is 2. The highest BCUT2D eigenvalue weighted by atomic mass is 33.1. The Morgan fingerprint density at radius 3 is 2.42 bits per heavy atom. The Morgan fingerprint density at radius 1 is 1.26 bits per heavy atom. The van der Waals surface area contributed by atoms with E-state index >= 15 is 0 Å². The molecule has 4 nitrogen and oxygen atoms in total. The maximum absolute atomic E-state index is 10.9. The van der Waals surface area contributed by atoms with E-state index in [-0.39, 0.29) is 5.91 Å². The van der Waals surface area contributed by atoms with Crippen LogP contribution in [0.1, 0.15) is 18.1 Å². The molecule has 0 aromatic heterocycles. The molecule has 0 saturated carbocycles. The minimum Gasteiger partial charge on any atom is -0.480 e. The van der Waals surface area contributed by atoms with Crippen LogP contribution in [0.15, 0.2) is 24.3 Å². The highest BCUT2D eigenvalue weighted by molar-refractivity contribution is 8.76. The second kappa shape index (κ2) is 8.12. The second-order valence-corrected chi connectivity index (χ2v) is 6.63. The van der Waals surface area contributed by atoms with E-state index in [4.69, 9.17) is 5.11 Å². The van der Waals surface area contributed by atoms with Crippen LogP contribution in [-0.2, 0) is 15.3 Å². The molecule has 0 spiro atoms. The number of aryl methyl sites for hydroxylation is 1. The van der Waals surface area contributed by atoms with Crippen molar-refractivity contribution in [3.8, 4) is 0 Å². The lowest BCUT2D eigenvalue weighted by Crippen LogP contribution is -2.41. The number of benzene rings is 1. The minimum absolute atomic E-state index is 0.323. The Morgan fingerprint density at radius 2 is 1.89 bits per heavy atom. The largest absolute Gasteiger partial charge is 0.480 e. The predicted molar refractivity (Wildman–Crippen MR) is 80.2 cm³/mol. The van der Waals surface area contributed by atoms with Crippen LogP contribution in [0.5, 0.6) is 0 Å². The summed E-state index contributed by atoms with van der Waals surface area (Å²) in [6, 6.07) is 7.40. The fraction of sp³-hybridized carbons (Fsp3) is 0.385. The molecule has 2 N–H and O–H groups in total. The molecule has 0 radical (unpaired) electrons. The second-order valence-electron chi connectivity index (χ2n) is 4.12. The first-order valence-corrected chi connectivity index (χ1v) is 8.27. The van der Waals surface area contributed by atoms with Gasteiger partial charge in [0, 0.05) is 18.4 Å². The molecule has 6 heteroatoms. The fourth-order valence-corrected chi connectivity index (χ4v) is 3.56. The van der Waals surface area contributed by atoms with Crippen LogP contribution in [-0.4, -0.2) is 28.8 Å². The van der Waals surface area contributed by atoms with Crippen molar-refractivity contribution in [2.75, 3.05) is 5.75 Å². The molecule has 0 saturated heterocycles. The van der Waals surface area contributed by atoms with Crippen LogP contribution in [0.2, 0.25) is 0 Å². The first-order valence-electron chi connectivity index (χ1n) is 5.79. The molecule has 0 fully saturated rings. The van der Waals surface area contributed by atoms with Crippen LogP contribution in [0.25, 0.3) is 0 Å². The van der Waals surface area contributed by atoms with Crippen LogP contribution >= 0.6 is 21.6 Å². The molecule has 104 valence electrons. The van der Waals surface area contributed by atoms with Crippen molar-refractivity contribution < 1.29 is 14.7 Å². The van der Waals surface area contributed by atoms with Crippen molar-refractivity contribution in [2.24, 2.45) is 0 Å². The third kappa shape index (κ3) is 6.54. The molecule has 19 heavy (non-hydrogen) atoms. The first kappa shape index (κ1) is 15.9. The molecule has 1 aromatic rings.